The quantitative estimate of drug-likeness (QED) is 0.667. The Kier molecular flexibility index (Phi) is 6.73. The molecular formula is C15H22N2O3. The van der Waals surface area contributed by atoms with Crippen LogP contribution in [-0.4, -0.2) is 30.1 Å². The van der Waals surface area contributed by atoms with E-state index in [0.717, 1.165) is 11.1 Å². The first-order chi connectivity index (χ1) is 9.49. The molecule has 1 amide bonds. The molecule has 0 radical (unpaired) electrons. The average Bonchev–Trinajstić information content (AvgIpc) is 2.38. The molecule has 0 saturated carbocycles. The molecule has 0 spiro atoms. The van der Waals surface area contributed by atoms with Crippen LogP contribution in [-0.2, 0) is 22.6 Å². The zero-order chi connectivity index (χ0) is 15.0. The Morgan fingerprint density at radius 3 is 2.45 bits per heavy atom. The molecule has 0 unspecified atom stereocenters. The van der Waals surface area contributed by atoms with Crippen LogP contribution >= 0.6 is 0 Å². The highest BCUT2D eigenvalue weighted by atomic mass is 16.4. The lowest BCUT2D eigenvalue weighted by Crippen LogP contribution is -2.35. The molecule has 1 rings (SSSR count). The Morgan fingerprint density at radius 1 is 1.20 bits per heavy atom. The maximum absolute atomic E-state index is 11.5. The fourth-order valence-electron chi connectivity index (χ4n) is 1.76. The van der Waals surface area contributed by atoms with E-state index in [1.165, 1.54) is 0 Å². The first-order valence-corrected chi connectivity index (χ1v) is 6.75. The minimum Gasteiger partial charge on any atom is -0.481 e. The van der Waals surface area contributed by atoms with Crippen LogP contribution in [0, 0.1) is 5.92 Å². The number of carbonyl (C=O) groups is 2. The molecule has 5 heteroatoms. The zero-order valence-corrected chi connectivity index (χ0v) is 12.0. The number of nitrogens with one attached hydrogen (secondary N) is 2. The summed E-state index contributed by atoms with van der Waals surface area (Å²) in [6, 6.07) is 7.35. The number of carboxylic acid groups (broad SMARTS) is 1. The molecule has 110 valence electrons. The maximum atomic E-state index is 11.5. The molecule has 0 aromatic heterocycles. The van der Waals surface area contributed by atoms with E-state index < -0.39 is 5.97 Å². The minimum absolute atomic E-state index is 0.00258. The summed E-state index contributed by atoms with van der Waals surface area (Å²) >= 11 is 0. The highest BCUT2D eigenvalue weighted by Gasteiger charge is 2.07. The smallest absolute Gasteiger partial charge is 0.307 e. The summed E-state index contributed by atoms with van der Waals surface area (Å²) in [6.07, 6.45) is -0.00258. The SMILES string of the molecule is CC(C)CNC(=O)CNCc1ccccc1CC(=O)O. The molecule has 3 N–H and O–H groups in total. The lowest BCUT2D eigenvalue weighted by molar-refractivity contribution is -0.136. The van der Waals surface area contributed by atoms with Crippen molar-refractivity contribution < 1.29 is 14.7 Å². The predicted molar refractivity (Wildman–Crippen MR) is 77.3 cm³/mol. The second kappa shape index (κ2) is 8.32. The van der Waals surface area contributed by atoms with Crippen LogP contribution in [0.2, 0.25) is 0 Å². The van der Waals surface area contributed by atoms with Crippen LogP contribution in [0.15, 0.2) is 24.3 Å². The summed E-state index contributed by atoms with van der Waals surface area (Å²) in [5.74, 6) is -0.475. The Hall–Kier alpha value is -1.88. The van der Waals surface area contributed by atoms with E-state index in [1.807, 2.05) is 32.0 Å². The third-order valence-electron chi connectivity index (χ3n) is 2.77. The normalized spacial score (nSPS) is 10.6. The Balaban J connectivity index is 2.42. The van der Waals surface area contributed by atoms with Crippen LogP contribution < -0.4 is 10.6 Å². The number of benzene rings is 1. The molecule has 0 atom stereocenters. The van der Waals surface area contributed by atoms with E-state index in [2.05, 4.69) is 10.6 Å². The first-order valence-electron chi connectivity index (χ1n) is 6.75. The number of rotatable bonds is 8. The number of aliphatic carboxylic acids is 1. The van der Waals surface area contributed by atoms with E-state index in [1.54, 1.807) is 6.07 Å². The maximum Gasteiger partial charge on any atom is 0.307 e. The standard InChI is InChI=1S/C15H22N2O3/c1-11(2)8-17-14(18)10-16-9-13-6-4-3-5-12(13)7-15(19)20/h3-6,11,16H,7-10H2,1-2H3,(H,17,18)(H,19,20). The molecule has 0 aliphatic rings. The van der Waals surface area contributed by atoms with Crippen LogP contribution in [0.3, 0.4) is 0 Å². The first kappa shape index (κ1) is 16.2. The molecule has 20 heavy (non-hydrogen) atoms. The van der Waals surface area contributed by atoms with Gasteiger partial charge in [0.05, 0.1) is 13.0 Å². The Morgan fingerprint density at radius 2 is 1.85 bits per heavy atom. The van der Waals surface area contributed by atoms with Gasteiger partial charge in [-0.05, 0) is 17.0 Å². The van der Waals surface area contributed by atoms with Crippen molar-refractivity contribution in [2.75, 3.05) is 13.1 Å². The molecule has 0 aliphatic carbocycles. The zero-order valence-electron chi connectivity index (χ0n) is 12.0. The highest BCUT2D eigenvalue weighted by Crippen LogP contribution is 2.09. The van der Waals surface area contributed by atoms with Crippen molar-refractivity contribution >= 4 is 11.9 Å². The van der Waals surface area contributed by atoms with Gasteiger partial charge in [0.2, 0.25) is 5.91 Å². The van der Waals surface area contributed by atoms with Crippen molar-refractivity contribution in [3.63, 3.8) is 0 Å². The van der Waals surface area contributed by atoms with Gasteiger partial charge in [-0.1, -0.05) is 38.1 Å². The Labute approximate surface area is 119 Å². The van der Waals surface area contributed by atoms with Crippen LogP contribution in [0.4, 0.5) is 0 Å². The van der Waals surface area contributed by atoms with E-state index in [-0.39, 0.29) is 18.9 Å². The van der Waals surface area contributed by atoms with Gasteiger partial charge in [-0.2, -0.15) is 0 Å². The molecule has 0 heterocycles. The molecule has 0 bridgehead atoms. The van der Waals surface area contributed by atoms with E-state index in [0.29, 0.717) is 19.0 Å². The highest BCUT2D eigenvalue weighted by molar-refractivity contribution is 5.78. The third-order valence-corrected chi connectivity index (χ3v) is 2.77. The van der Waals surface area contributed by atoms with Gasteiger partial charge in [0.15, 0.2) is 0 Å². The van der Waals surface area contributed by atoms with Crippen molar-refractivity contribution in [2.24, 2.45) is 5.92 Å². The molecule has 1 aromatic rings. The third kappa shape index (κ3) is 6.33. The summed E-state index contributed by atoms with van der Waals surface area (Å²) in [5.41, 5.74) is 1.68. The fraction of sp³-hybridized carbons (Fsp3) is 0.467. The fourth-order valence-corrected chi connectivity index (χ4v) is 1.76. The van der Waals surface area contributed by atoms with Crippen LogP contribution in [0.25, 0.3) is 0 Å². The van der Waals surface area contributed by atoms with Crippen molar-refractivity contribution in [3.8, 4) is 0 Å². The summed E-state index contributed by atoms with van der Waals surface area (Å²) in [4.78, 5) is 22.3. The van der Waals surface area contributed by atoms with Gasteiger partial charge < -0.3 is 15.7 Å². The Bertz CT molecular complexity index is 458. The lowest BCUT2D eigenvalue weighted by Gasteiger charge is -2.10. The second-order valence-corrected chi connectivity index (χ2v) is 5.14. The summed E-state index contributed by atoms with van der Waals surface area (Å²) in [7, 11) is 0. The molecule has 0 saturated heterocycles. The predicted octanol–water partition coefficient (Wildman–Crippen LogP) is 1.18. The van der Waals surface area contributed by atoms with Crippen LogP contribution in [0.5, 0.6) is 0 Å². The molecule has 5 nitrogen and oxygen atoms in total. The van der Waals surface area contributed by atoms with Gasteiger partial charge in [-0.15, -0.1) is 0 Å². The van der Waals surface area contributed by atoms with Crippen molar-refractivity contribution in [2.45, 2.75) is 26.8 Å². The van der Waals surface area contributed by atoms with Crippen LogP contribution in [0.1, 0.15) is 25.0 Å². The lowest BCUT2D eigenvalue weighted by atomic mass is 10.0. The second-order valence-electron chi connectivity index (χ2n) is 5.14. The topological polar surface area (TPSA) is 78.4 Å². The number of carboxylic acids is 1. The van der Waals surface area contributed by atoms with Gasteiger partial charge in [-0.3, -0.25) is 9.59 Å². The molecular weight excluding hydrogens is 256 g/mol. The van der Waals surface area contributed by atoms with Crippen molar-refractivity contribution in [1.29, 1.82) is 0 Å². The number of carbonyl (C=O) groups excluding carboxylic acids is 1. The summed E-state index contributed by atoms with van der Waals surface area (Å²) < 4.78 is 0. The van der Waals surface area contributed by atoms with Gasteiger partial charge in [0, 0.05) is 13.1 Å². The molecule has 1 aromatic carbocycles. The van der Waals surface area contributed by atoms with Gasteiger partial charge in [0.1, 0.15) is 0 Å². The van der Waals surface area contributed by atoms with Gasteiger partial charge in [0.25, 0.3) is 0 Å². The number of amides is 1. The largest absolute Gasteiger partial charge is 0.481 e. The van der Waals surface area contributed by atoms with Gasteiger partial charge in [-0.25, -0.2) is 0 Å². The summed E-state index contributed by atoms with van der Waals surface area (Å²) in [5, 5.41) is 14.7. The van der Waals surface area contributed by atoms with E-state index in [4.69, 9.17) is 5.11 Å². The average molecular weight is 278 g/mol. The summed E-state index contributed by atoms with van der Waals surface area (Å²) in [6.45, 7) is 5.45. The van der Waals surface area contributed by atoms with E-state index >= 15 is 0 Å². The van der Waals surface area contributed by atoms with Crippen molar-refractivity contribution in [3.05, 3.63) is 35.4 Å². The van der Waals surface area contributed by atoms with E-state index in [9.17, 15) is 9.59 Å². The number of hydrogen-bond donors (Lipinski definition) is 3. The molecule has 0 aliphatic heterocycles. The monoisotopic (exact) mass is 278 g/mol. The number of hydrogen-bond acceptors (Lipinski definition) is 3. The van der Waals surface area contributed by atoms with Gasteiger partial charge >= 0.3 is 5.97 Å². The van der Waals surface area contributed by atoms with Crippen molar-refractivity contribution in [1.82, 2.24) is 10.6 Å². The minimum atomic E-state index is -0.855. The molecule has 0 fully saturated rings.